The summed E-state index contributed by atoms with van der Waals surface area (Å²) in [4.78, 5) is 27.8. The number of aromatic nitrogens is 3. The van der Waals surface area contributed by atoms with Crippen LogP contribution >= 0.6 is 0 Å². The van der Waals surface area contributed by atoms with Crippen molar-refractivity contribution in [1.29, 1.82) is 0 Å². The predicted molar refractivity (Wildman–Crippen MR) is 99.7 cm³/mol. The molecule has 2 aromatic heterocycles. The molecule has 6 heteroatoms. The molecule has 0 unspecified atom stereocenters. The molecule has 3 heterocycles. The monoisotopic (exact) mass is 362 g/mol. The SMILES string of the molecule is Cc1cccc(C(=O)N2CCc3ncnc(-c4ccc(F)cc4)c3CC2)n1. The number of carbonyl (C=O) groups is 1. The second-order valence-electron chi connectivity index (χ2n) is 6.61. The molecule has 1 aliphatic rings. The summed E-state index contributed by atoms with van der Waals surface area (Å²) in [6, 6.07) is 11.8. The van der Waals surface area contributed by atoms with Gasteiger partial charge in [0.15, 0.2) is 0 Å². The lowest BCUT2D eigenvalue weighted by molar-refractivity contribution is 0.0757. The van der Waals surface area contributed by atoms with E-state index in [2.05, 4.69) is 15.0 Å². The number of fused-ring (bicyclic) bond motifs is 1. The van der Waals surface area contributed by atoms with E-state index >= 15 is 0 Å². The summed E-state index contributed by atoms with van der Waals surface area (Å²) < 4.78 is 13.3. The highest BCUT2D eigenvalue weighted by Gasteiger charge is 2.23. The number of hydrogen-bond donors (Lipinski definition) is 0. The lowest BCUT2D eigenvalue weighted by Gasteiger charge is -2.19. The molecule has 0 aliphatic carbocycles. The van der Waals surface area contributed by atoms with Crippen molar-refractivity contribution in [2.24, 2.45) is 0 Å². The van der Waals surface area contributed by atoms with Crippen LogP contribution in [0.2, 0.25) is 0 Å². The molecule has 0 N–H and O–H groups in total. The summed E-state index contributed by atoms with van der Waals surface area (Å²) in [5, 5.41) is 0. The molecule has 0 bridgehead atoms. The van der Waals surface area contributed by atoms with Gasteiger partial charge in [-0.2, -0.15) is 0 Å². The minimum Gasteiger partial charge on any atom is -0.337 e. The third kappa shape index (κ3) is 3.56. The average Bonchev–Trinajstić information content (AvgIpc) is 2.91. The maximum Gasteiger partial charge on any atom is 0.272 e. The minimum absolute atomic E-state index is 0.0669. The molecule has 0 spiro atoms. The first kappa shape index (κ1) is 17.3. The number of carbonyl (C=O) groups excluding carboxylic acids is 1. The molecular weight excluding hydrogens is 343 g/mol. The molecule has 0 saturated carbocycles. The molecule has 27 heavy (non-hydrogen) atoms. The zero-order valence-electron chi connectivity index (χ0n) is 15.0. The van der Waals surface area contributed by atoms with Crippen LogP contribution in [0.1, 0.15) is 27.4 Å². The number of rotatable bonds is 2. The second-order valence-corrected chi connectivity index (χ2v) is 6.61. The van der Waals surface area contributed by atoms with Crippen LogP contribution in [0.5, 0.6) is 0 Å². The van der Waals surface area contributed by atoms with Crippen molar-refractivity contribution >= 4 is 5.91 Å². The van der Waals surface area contributed by atoms with Gasteiger partial charge in [0, 0.05) is 42.0 Å². The van der Waals surface area contributed by atoms with E-state index in [4.69, 9.17) is 0 Å². The summed E-state index contributed by atoms with van der Waals surface area (Å²) in [7, 11) is 0. The van der Waals surface area contributed by atoms with Crippen LogP contribution in [-0.4, -0.2) is 38.8 Å². The maximum atomic E-state index is 13.3. The minimum atomic E-state index is -0.277. The number of benzene rings is 1. The molecule has 3 aromatic rings. The Balaban J connectivity index is 1.61. The van der Waals surface area contributed by atoms with Gasteiger partial charge in [-0.1, -0.05) is 6.07 Å². The smallest absolute Gasteiger partial charge is 0.272 e. The molecule has 1 amide bonds. The van der Waals surface area contributed by atoms with E-state index in [1.54, 1.807) is 18.2 Å². The maximum absolute atomic E-state index is 13.3. The zero-order valence-corrected chi connectivity index (χ0v) is 15.0. The second kappa shape index (κ2) is 7.23. The topological polar surface area (TPSA) is 59.0 Å². The van der Waals surface area contributed by atoms with Gasteiger partial charge in [-0.25, -0.2) is 19.3 Å². The Morgan fingerprint density at radius 3 is 2.59 bits per heavy atom. The van der Waals surface area contributed by atoms with E-state index in [-0.39, 0.29) is 11.7 Å². The lowest BCUT2D eigenvalue weighted by Crippen LogP contribution is -2.34. The Kier molecular flexibility index (Phi) is 4.62. The Morgan fingerprint density at radius 2 is 1.81 bits per heavy atom. The number of halogens is 1. The number of nitrogens with zero attached hydrogens (tertiary/aromatic N) is 4. The lowest BCUT2D eigenvalue weighted by atomic mass is 10.0. The van der Waals surface area contributed by atoms with Crippen LogP contribution in [-0.2, 0) is 12.8 Å². The van der Waals surface area contributed by atoms with E-state index in [1.165, 1.54) is 18.5 Å². The number of pyridine rings is 1. The van der Waals surface area contributed by atoms with Crippen molar-refractivity contribution in [2.45, 2.75) is 19.8 Å². The van der Waals surface area contributed by atoms with Gasteiger partial charge in [-0.15, -0.1) is 0 Å². The van der Waals surface area contributed by atoms with Gasteiger partial charge in [-0.3, -0.25) is 4.79 Å². The average molecular weight is 362 g/mol. The molecule has 5 nitrogen and oxygen atoms in total. The zero-order chi connectivity index (χ0) is 18.8. The largest absolute Gasteiger partial charge is 0.337 e. The first-order chi connectivity index (χ1) is 13.1. The fourth-order valence-electron chi connectivity index (χ4n) is 3.41. The predicted octanol–water partition coefficient (Wildman–Crippen LogP) is 3.23. The van der Waals surface area contributed by atoms with Crippen molar-refractivity contribution in [3.63, 3.8) is 0 Å². The van der Waals surface area contributed by atoms with Crippen molar-refractivity contribution in [3.8, 4) is 11.3 Å². The van der Waals surface area contributed by atoms with Gasteiger partial charge in [0.2, 0.25) is 0 Å². The van der Waals surface area contributed by atoms with Crippen LogP contribution < -0.4 is 0 Å². The van der Waals surface area contributed by atoms with E-state index in [1.807, 2.05) is 24.0 Å². The van der Waals surface area contributed by atoms with Crippen LogP contribution in [0.15, 0.2) is 48.8 Å². The van der Waals surface area contributed by atoms with Crippen molar-refractivity contribution in [1.82, 2.24) is 19.9 Å². The van der Waals surface area contributed by atoms with E-state index in [9.17, 15) is 9.18 Å². The highest BCUT2D eigenvalue weighted by atomic mass is 19.1. The van der Waals surface area contributed by atoms with Gasteiger partial charge in [0.1, 0.15) is 17.8 Å². The molecular formula is C21H19FN4O. The Labute approximate surface area is 156 Å². The van der Waals surface area contributed by atoms with Crippen LogP contribution in [0.3, 0.4) is 0 Å². The standard InChI is InChI=1S/C21H19FN4O/c1-14-3-2-4-19(25-14)21(27)26-11-9-17-18(10-12-26)23-13-24-20(17)15-5-7-16(22)8-6-15/h2-8,13H,9-12H2,1H3. The number of amides is 1. The number of hydrogen-bond acceptors (Lipinski definition) is 4. The first-order valence-corrected chi connectivity index (χ1v) is 8.93. The number of aryl methyl sites for hydroxylation is 1. The molecule has 0 fully saturated rings. The van der Waals surface area contributed by atoms with E-state index < -0.39 is 0 Å². The van der Waals surface area contributed by atoms with Crippen LogP contribution in [0, 0.1) is 12.7 Å². The summed E-state index contributed by atoms with van der Waals surface area (Å²) in [6.45, 7) is 3.03. The van der Waals surface area contributed by atoms with Crippen molar-refractivity contribution in [3.05, 3.63) is 77.3 Å². The fourth-order valence-corrected chi connectivity index (χ4v) is 3.41. The molecule has 1 aromatic carbocycles. The first-order valence-electron chi connectivity index (χ1n) is 8.93. The summed E-state index contributed by atoms with van der Waals surface area (Å²) in [5.41, 5.74) is 4.92. The summed E-state index contributed by atoms with van der Waals surface area (Å²) in [5.74, 6) is -0.343. The summed E-state index contributed by atoms with van der Waals surface area (Å²) in [6.07, 6.45) is 2.85. The van der Waals surface area contributed by atoms with E-state index in [0.29, 0.717) is 31.6 Å². The van der Waals surface area contributed by atoms with Gasteiger partial charge < -0.3 is 4.90 Å². The molecule has 1 aliphatic heterocycles. The fraction of sp³-hybridized carbons (Fsp3) is 0.238. The normalized spacial score (nSPS) is 13.8. The van der Waals surface area contributed by atoms with Gasteiger partial charge in [0.05, 0.1) is 5.69 Å². The Morgan fingerprint density at radius 1 is 1.04 bits per heavy atom. The third-order valence-corrected chi connectivity index (χ3v) is 4.80. The molecule has 136 valence electrons. The van der Waals surface area contributed by atoms with Crippen molar-refractivity contribution < 1.29 is 9.18 Å². The summed E-state index contributed by atoms with van der Waals surface area (Å²) >= 11 is 0. The molecule has 4 rings (SSSR count). The van der Waals surface area contributed by atoms with Crippen molar-refractivity contribution in [2.75, 3.05) is 13.1 Å². The Bertz CT molecular complexity index is 988. The van der Waals surface area contributed by atoms with E-state index in [0.717, 1.165) is 28.2 Å². The van der Waals surface area contributed by atoms with Crippen LogP contribution in [0.25, 0.3) is 11.3 Å². The quantitative estimate of drug-likeness (QED) is 0.702. The third-order valence-electron chi connectivity index (χ3n) is 4.80. The molecule has 0 radical (unpaired) electrons. The van der Waals surface area contributed by atoms with Gasteiger partial charge in [-0.05, 0) is 49.7 Å². The van der Waals surface area contributed by atoms with Crippen LogP contribution in [0.4, 0.5) is 4.39 Å². The van der Waals surface area contributed by atoms with Gasteiger partial charge in [0.25, 0.3) is 5.91 Å². The Hall–Kier alpha value is -3.15. The molecule has 0 atom stereocenters. The highest BCUT2D eigenvalue weighted by Crippen LogP contribution is 2.26. The highest BCUT2D eigenvalue weighted by molar-refractivity contribution is 5.92. The van der Waals surface area contributed by atoms with Gasteiger partial charge >= 0.3 is 0 Å². The molecule has 0 saturated heterocycles.